The lowest BCUT2D eigenvalue weighted by Gasteiger charge is -2.20. The predicted molar refractivity (Wildman–Crippen MR) is 90.8 cm³/mol. The minimum atomic E-state index is -0.473. The van der Waals surface area contributed by atoms with Crippen LogP contribution in [0.25, 0.3) is 0 Å². The minimum absolute atomic E-state index is 0. The third-order valence-electron chi connectivity index (χ3n) is 3.50. The van der Waals surface area contributed by atoms with E-state index < -0.39 is 6.04 Å². The summed E-state index contributed by atoms with van der Waals surface area (Å²) >= 11 is 0. The highest BCUT2D eigenvalue weighted by atomic mass is 35.5. The quantitative estimate of drug-likeness (QED) is 0.767. The summed E-state index contributed by atoms with van der Waals surface area (Å²) in [7, 11) is 1.61. The smallest absolute Gasteiger partial charge is 0.237 e. The largest absolute Gasteiger partial charge is 0.497 e. The van der Waals surface area contributed by atoms with Crippen molar-refractivity contribution in [2.24, 2.45) is 11.7 Å². The van der Waals surface area contributed by atoms with Crippen molar-refractivity contribution in [2.45, 2.75) is 39.3 Å². The number of hydrogen-bond acceptors (Lipinski definition) is 4. The molecule has 0 aliphatic heterocycles. The third kappa shape index (κ3) is 6.54. The molecule has 1 aromatic carbocycles. The van der Waals surface area contributed by atoms with E-state index >= 15 is 0 Å². The minimum Gasteiger partial charge on any atom is -0.497 e. The summed E-state index contributed by atoms with van der Waals surface area (Å²) in [5.41, 5.74) is 5.88. The maximum Gasteiger partial charge on any atom is 0.237 e. The first kappa shape index (κ1) is 20.5. The van der Waals surface area contributed by atoms with Gasteiger partial charge >= 0.3 is 0 Å². The number of nitrogens with two attached hydrogens (primary N) is 1. The standard InChI is InChI=1S/C16H26N2O3.ClH/c1-5-11(2)15(17)16(19)18-10-12(3)21-14-8-6-7-13(9-14)20-4;/h6-9,11-12,15H,5,10,17H2,1-4H3,(H,18,19);1H. The molecule has 5 nitrogen and oxygen atoms in total. The molecule has 3 atom stereocenters. The third-order valence-corrected chi connectivity index (χ3v) is 3.50. The summed E-state index contributed by atoms with van der Waals surface area (Å²) in [6, 6.07) is 6.90. The Morgan fingerprint density at radius 2 is 1.95 bits per heavy atom. The Kier molecular flexibility index (Phi) is 9.61. The maximum absolute atomic E-state index is 11.9. The van der Waals surface area contributed by atoms with E-state index in [1.165, 1.54) is 0 Å². The SMILES string of the molecule is CCC(C)C(N)C(=O)NCC(C)Oc1cccc(OC)c1.Cl. The van der Waals surface area contributed by atoms with Crippen molar-refractivity contribution in [1.82, 2.24) is 5.32 Å². The zero-order chi connectivity index (χ0) is 15.8. The highest BCUT2D eigenvalue weighted by molar-refractivity contribution is 5.85. The van der Waals surface area contributed by atoms with Crippen LogP contribution in [0.4, 0.5) is 0 Å². The molecule has 0 saturated carbocycles. The molecule has 0 aliphatic carbocycles. The molecule has 3 unspecified atom stereocenters. The van der Waals surface area contributed by atoms with Gasteiger partial charge in [-0.1, -0.05) is 26.3 Å². The van der Waals surface area contributed by atoms with Crippen molar-refractivity contribution in [2.75, 3.05) is 13.7 Å². The molecule has 0 aliphatic rings. The Morgan fingerprint density at radius 1 is 1.32 bits per heavy atom. The highest BCUT2D eigenvalue weighted by Crippen LogP contribution is 2.19. The number of hydrogen-bond donors (Lipinski definition) is 2. The number of carbonyl (C=O) groups excluding carboxylic acids is 1. The van der Waals surface area contributed by atoms with Crippen LogP contribution >= 0.6 is 12.4 Å². The molecule has 1 rings (SSSR count). The summed E-state index contributed by atoms with van der Waals surface area (Å²) in [5.74, 6) is 1.48. The molecule has 3 N–H and O–H groups in total. The van der Waals surface area contributed by atoms with E-state index in [0.717, 1.165) is 12.2 Å². The molecule has 126 valence electrons. The van der Waals surface area contributed by atoms with Gasteiger partial charge in [0.2, 0.25) is 5.91 Å². The fourth-order valence-electron chi connectivity index (χ4n) is 1.82. The Balaban J connectivity index is 0.00000441. The second-order valence-electron chi connectivity index (χ2n) is 5.26. The lowest BCUT2D eigenvalue weighted by molar-refractivity contribution is -0.123. The fraction of sp³-hybridized carbons (Fsp3) is 0.562. The van der Waals surface area contributed by atoms with Crippen LogP contribution in [-0.4, -0.2) is 31.7 Å². The van der Waals surface area contributed by atoms with Gasteiger partial charge in [0.25, 0.3) is 0 Å². The van der Waals surface area contributed by atoms with Gasteiger partial charge in [-0.3, -0.25) is 4.79 Å². The van der Waals surface area contributed by atoms with Crippen LogP contribution in [0.5, 0.6) is 11.5 Å². The molecule has 0 heterocycles. The van der Waals surface area contributed by atoms with Crippen LogP contribution < -0.4 is 20.5 Å². The molecule has 0 spiro atoms. The molecule has 0 radical (unpaired) electrons. The van der Waals surface area contributed by atoms with E-state index in [1.807, 2.05) is 45.0 Å². The van der Waals surface area contributed by atoms with Gasteiger partial charge in [0.15, 0.2) is 0 Å². The summed E-state index contributed by atoms with van der Waals surface area (Å²) < 4.78 is 10.9. The number of nitrogens with one attached hydrogen (secondary N) is 1. The van der Waals surface area contributed by atoms with E-state index in [4.69, 9.17) is 15.2 Å². The number of amides is 1. The monoisotopic (exact) mass is 330 g/mol. The van der Waals surface area contributed by atoms with Gasteiger partial charge in [-0.2, -0.15) is 0 Å². The number of halogens is 1. The first-order valence-corrected chi connectivity index (χ1v) is 7.31. The van der Waals surface area contributed by atoms with Crippen molar-refractivity contribution >= 4 is 18.3 Å². The van der Waals surface area contributed by atoms with E-state index in [1.54, 1.807) is 7.11 Å². The van der Waals surface area contributed by atoms with Gasteiger partial charge < -0.3 is 20.5 Å². The molecule has 6 heteroatoms. The van der Waals surface area contributed by atoms with Crippen LogP contribution in [0, 0.1) is 5.92 Å². The topological polar surface area (TPSA) is 73.6 Å². The second kappa shape index (κ2) is 10.3. The average molecular weight is 331 g/mol. The van der Waals surface area contributed by atoms with E-state index in [-0.39, 0.29) is 30.3 Å². The van der Waals surface area contributed by atoms with Crippen molar-refractivity contribution in [1.29, 1.82) is 0 Å². The number of carbonyl (C=O) groups is 1. The van der Waals surface area contributed by atoms with Crippen molar-refractivity contribution < 1.29 is 14.3 Å². The number of rotatable bonds is 8. The van der Waals surface area contributed by atoms with Crippen LogP contribution in [0.2, 0.25) is 0 Å². The Bertz CT molecular complexity index is 457. The first-order chi connectivity index (χ1) is 9.97. The Morgan fingerprint density at radius 3 is 2.55 bits per heavy atom. The maximum atomic E-state index is 11.9. The highest BCUT2D eigenvalue weighted by Gasteiger charge is 2.19. The van der Waals surface area contributed by atoms with E-state index in [2.05, 4.69) is 5.32 Å². The van der Waals surface area contributed by atoms with Crippen molar-refractivity contribution in [3.8, 4) is 11.5 Å². The molecular formula is C16H27ClN2O3. The summed E-state index contributed by atoms with van der Waals surface area (Å²) in [5, 5.41) is 2.83. The Labute approximate surface area is 139 Å². The normalized spacial score (nSPS) is 14.2. The first-order valence-electron chi connectivity index (χ1n) is 7.31. The molecule has 1 aromatic rings. The number of ether oxygens (including phenoxy) is 2. The molecular weight excluding hydrogens is 304 g/mol. The molecule has 0 saturated heterocycles. The van der Waals surface area contributed by atoms with Gasteiger partial charge in [0.05, 0.1) is 19.7 Å². The zero-order valence-electron chi connectivity index (χ0n) is 13.7. The van der Waals surface area contributed by atoms with Crippen LogP contribution in [0.3, 0.4) is 0 Å². The zero-order valence-corrected chi connectivity index (χ0v) is 14.5. The van der Waals surface area contributed by atoms with Gasteiger partial charge in [-0.25, -0.2) is 0 Å². The summed E-state index contributed by atoms with van der Waals surface area (Å²) in [6.45, 7) is 6.31. The van der Waals surface area contributed by atoms with E-state index in [9.17, 15) is 4.79 Å². The van der Waals surface area contributed by atoms with Crippen molar-refractivity contribution in [3.05, 3.63) is 24.3 Å². The number of benzene rings is 1. The molecule has 0 fully saturated rings. The number of methoxy groups -OCH3 is 1. The van der Waals surface area contributed by atoms with Crippen LogP contribution in [-0.2, 0) is 4.79 Å². The summed E-state index contributed by atoms with van der Waals surface area (Å²) in [6.07, 6.45) is 0.731. The summed E-state index contributed by atoms with van der Waals surface area (Å²) in [4.78, 5) is 11.9. The van der Waals surface area contributed by atoms with Crippen LogP contribution in [0.15, 0.2) is 24.3 Å². The van der Waals surface area contributed by atoms with Gasteiger partial charge in [-0.05, 0) is 25.0 Å². The average Bonchev–Trinajstić information content (AvgIpc) is 2.51. The lowest BCUT2D eigenvalue weighted by atomic mass is 9.99. The molecule has 0 bridgehead atoms. The Hall–Kier alpha value is -1.46. The van der Waals surface area contributed by atoms with Crippen molar-refractivity contribution in [3.63, 3.8) is 0 Å². The van der Waals surface area contributed by atoms with Gasteiger partial charge in [0.1, 0.15) is 17.6 Å². The second-order valence-corrected chi connectivity index (χ2v) is 5.26. The van der Waals surface area contributed by atoms with Crippen LogP contribution in [0.1, 0.15) is 27.2 Å². The van der Waals surface area contributed by atoms with E-state index in [0.29, 0.717) is 12.3 Å². The van der Waals surface area contributed by atoms with Gasteiger partial charge in [0, 0.05) is 6.07 Å². The fourth-order valence-corrected chi connectivity index (χ4v) is 1.82. The van der Waals surface area contributed by atoms with Gasteiger partial charge in [-0.15, -0.1) is 12.4 Å². The molecule has 1 amide bonds. The molecule has 0 aromatic heterocycles. The predicted octanol–water partition coefficient (Wildman–Crippen LogP) is 2.37. The lowest BCUT2D eigenvalue weighted by Crippen LogP contribution is -2.47. The molecule has 22 heavy (non-hydrogen) atoms.